The van der Waals surface area contributed by atoms with Crippen molar-refractivity contribution in [1.82, 2.24) is 4.98 Å². The maximum absolute atomic E-state index is 12.7. The Morgan fingerprint density at radius 2 is 1.87 bits per heavy atom. The SMILES string of the molecule is COc1cc(NC(=O)c2cccs2)c(C(=O)OCC(=O)Nc2ncc(Br)s2)cc1OC. The fraction of sp³-hybridized carbons (Fsp3) is 0.158. The molecule has 0 aliphatic rings. The second-order valence-corrected chi connectivity index (χ2v) is 9.14. The number of aromatic nitrogens is 1. The molecule has 0 aliphatic heterocycles. The Balaban J connectivity index is 1.77. The highest BCUT2D eigenvalue weighted by Gasteiger charge is 2.21. The van der Waals surface area contributed by atoms with Crippen molar-refractivity contribution in [3.05, 3.63) is 50.1 Å². The Hall–Kier alpha value is -2.96. The van der Waals surface area contributed by atoms with Crippen molar-refractivity contribution in [3.8, 4) is 11.5 Å². The van der Waals surface area contributed by atoms with E-state index in [4.69, 9.17) is 14.2 Å². The van der Waals surface area contributed by atoms with Gasteiger partial charge in [-0.05, 0) is 27.4 Å². The van der Waals surface area contributed by atoms with Gasteiger partial charge in [-0.2, -0.15) is 0 Å². The number of nitrogens with zero attached hydrogens (tertiary/aromatic N) is 1. The largest absolute Gasteiger partial charge is 0.493 e. The molecule has 1 aromatic carbocycles. The van der Waals surface area contributed by atoms with Crippen LogP contribution in [0.15, 0.2) is 39.6 Å². The van der Waals surface area contributed by atoms with Gasteiger partial charge in [-0.1, -0.05) is 17.4 Å². The molecule has 0 bridgehead atoms. The second-order valence-electron chi connectivity index (χ2n) is 5.78. The van der Waals surface area contributed by atoms with Gasteiger partial charge < -0.3 is 19.5 Å². The van der Waals surface area contributed by atoms with Gasteiger partial charge in [0.2, 0.25) is 0 Å². The van der Waals surface area contributed by atoms with E-state index in [1.165, 1.54) is 49.0 Å². The van der Waals surface area contributed by atoms with Crippen molar-refractivity contribution in [1.29, 1.82) is 0 Å². The zero-order valence-electron chi connectivity index (χ0n) is 16.3. The van der Waals surface area contributed by atoms with E-state index in [0.717, 1.165) is 3.79 Å². The number of nitrogens with one attached hydrogen (secondary N) is 2. The maximum Gasteiger partial charge on any atom is 0.340 e. The summed E-state index contributed by atoms with van der Waals surface area (Å²) >= 11 is 5.72. The molecular formula is C19H16BrN3O6S2. The van der Waals surface area contributed by atoms with Gasteiger partial charge in [-0.25, -0.2) is 9.78 Å². The van der Waals surface area contributed by atoms with E-state index in [0.29, 0.717) is 15.8 Å². The van der Waals surface area contributed by atoms with E-state index in [1.807, 2.05) is 0 Å². The molecule has 3 aromatic rings. The number of rotatable bonds is 8. The van der Waals surface area contributed by atoms with E-state index >= 15 is 0 Å². The number of carbonyl (C=O) groups excluding carboxylic acids is 3. The van der Waals surface area contributed by atoms with Gasteiger partial charge in [0, 0.05) is 12.1 Å². The molecule has 0 radical (unpaired) electrons. The van der Waals surface area contributed by atoms with E-state index in [-0.39, 0.29) is 17.0 Å². The van der Waals surface area contributed by atoms with Crippen LogP contribution < -0.4 is 20.1 Å². The Bertz CT molecular complexity index is 1100. The lowest BCUT2D eigenvalue weighted by Crippen LogP contribution is -2.22. The van der Waals surface area contributed by atoms with E-state index < -0.39 is 24.4 Å². The van der Waals surface area contributed by atoms with Crippen molar-refractivity contribution in [2.75, 3.05) is 31.5 Å². The molecule has 0 atom stereocenters. The summed E-state index contributed by atoms with van der Waals surface area (Å²) < 4.78 is 16.4. The summed E-state index contributed by atoms with van der Waals surface area (Å²) in [6, 6.07) is 6.22. The number of benzene rings is 1. The smallest absolute Gasteiger partial charge is 0.340 e. The first-order valence-electron chi connectivity index (χ1n) is 8.60. The Morgan fingerprint density at radius 3 is 2.48 bits per heavy atom. The number of hydrogen-bond donors (Lipinski definition) is 2. The topological polar surface area (TPSA) is 116 Å². The van der Waals surface area contributed by atoms with Crippen LogP contribution in [-0.2, 0) is 9.53 Å². The van der Waals surface area contributed by atoms with Gasteiger partial charge >= 0.3 is 5.97 Å². The zero-order valence-corrected chi connectivity index (χ0v) is 19.5. The lowest BCUT2D eigenvalue weighted by Gasteiger charge is -2.15. The number of carbonyl (C=O) groups is 3. The summed E-state index contributed by atoms with van der Waals surface area (Å²) in [5.41, 5.74) is 0.165. The molecule has 3 rings (SSSR count). The average Bonchev–Trinajstić information content (AvgIpc) is 3.43. The molecule has 2 N–H and O–H groups in total. The number of amides is 2. The van der Waals surface area contributed by atoms with E-state index in [1.54, 1.807) is 23.7 Å². The monoisotopic (exact) mass is 525 g/mol. The van der Waals surface area contributed by atoms with Crippen LogP contribution in [0.2, 0.25) is 0 Å². The Kier molecular flexibility index (Phi) is 7.60. The number of esters is 1. The predicted molar refractivity (Wildman–Crippen MR) is 121 cm³/mol. The summed E-state index contributed by atoms with van der Waals surface area (Å²) in [6.07, 6.45) is 1.54. The summed E-state index contributed by atoms with van der Waals surface area (Å²) in [7, 11) is 2.85. The van der Waals surface area contributed by atoms with Crippen LogP contribution in [0, 0.1) is 0 Å². The first-order chi connectivity index (χ1) is 14.9. The summed E-state index contributed by atoms with van der Waals surface area (Å²) in [4.78, 5) is 41.7. The minimum atomic E-state index is -0.821. The minimum absolute atomic E-state index is 0.00680. The summed E-state index contributed by atoms with van der Waals surface area (Å²) in [5.74, 6) is -1.20. The summed E-state index contributed by atoms with van der Waals surface area (Å²) in [6.45, 7) is -0.539. The van der Waals surface area contributed by atoms with Crippen molar-refractivity contribution >= 4 is 67.2 Å². The maximum atomic E-state index is 12.7. The number of thiazole rings is 1. The Morgan fingerprint density at radius 1 is 1.13 bits per heavy atom. The molecule has 0 saturated carbocycles. The first-order valence-corrected chi connectivity index (χ1v) is 11.1. The molecule has 0 unspecified atom stereocenters. The fourth-order valence-electron chi connectivity index (χ4n) is 2.42. The number of thiophene rings is 1. The van der Waals surface area contributed by atoms with Gasteiger partial charge in [0.05, 0.1) is 40.3 Å². The highest BCUT2D eigenvalue weighted by molar-refractivity contribution is 9.11. The Labute approximate surface area is 193 Å². The van der Waals surface area contributed by atoms with Crippen LogP contribution in [-0.4, -0.2) is 43.6 Å². The molecule has 0 saturated heterocycles. The van der Waals surface area contributed by atoms with E-state index in [2.05, 4.69) is 31.5 Å². The number of methoxy groups -OCH3 is 2. The highest BCUT2D eigenvalue weighted by Crippen LogP contribution is 2.34. The van der Waals surface area contributed by atoms with Crippen LogP contribution in [0.1, 0.15) is 20.0 Å². The molecule has 31 heavy (non-hydrogen) atoms. The molecule has 2 heterocycles. The summed E-state index contributed by atoms with van der Waals surface area (Å²) in [5, 5.41) is 7.32. The number of ether oxygens (including phenoxy) is 3. The molecule has 0 aliphatic carbocycles. The quantitative estimate of drug-likeness (QED) is 0.426. The second kappa shape index (κ2) is 10.4. The number of halogens is 1. The lowest BCUT2D eigenvalue weighted by atomic mass is 10.1. The van der Waals surface area contributed by atoms with Crippen LogP contribution in [0.4, 0.5) is 10.8 Å². The third-order valence-corrected chi connectivity index (χ3v) is 6.06. The van der Waals surface area contributed by atoms with Gasteiger partial charge in [-0.3, -0.25) is 14.9 Å². The highest BCUT2D eigenvalue weighted by atomic mass is 79.9. The third-order valence-electron chi connectivity index (χ3n) is 3.79. The first kappa shape index (κ1) is 22.7. The van der Waals surface area contributed by atoms with E-state index in [9.17, 15) is 14.4 Å². The van der Waals surface area contributed by atoms with Crippen LogP contribution in [0.3, 0.4) is 0 Å². The van der Waals surface area contributed by atoms with Crippen LogP contribution in [0.5, 0.6) is 11.5 Å². The average molecular weight is 526 g/mol. The molecule has 12 heteroatoms. The molecular weight excluding hydrogens is 510 g/mol. The van der Waals surface area contributed by atoms with Gasteiger partial charge in [0.15, 0.2) is 23.2 Å². The molecule has 9 nitrogen and oxygen atoms in total. The van der Waals surface area contributed by atoms with Crippen LogP contribution >= 0.6 is 38.6 Å². The van der Waals surface area contributed by atoms with Crippen molar-refractivity contribution < 1.29 is 28.6 Å². The van der Waals surface area contributed by atoms with Crippen LogP contribution in [0.25, 0.3) is 0 Å². The third kappa shape index (κ3) is 5.81. The van der Waals surface area contributed by atoms with Crippen molar-refractivity contribution in [3.63, 3.8) is 0 Å². The standard InChI is InChI=1S/C19H16BrN3O6S2/c1-27-12-6-10(18(26)29-9-16(24)23-19-21-8-15(20)31-19)11(7-13(12)28-2)22-17(25)14-4-3-5-30-14/h3-8H,9H2,1-2H3,(H,22,25)(H,21,23,24). The molecule has 0 fully saturated rings. The number of anilines is 2. The zero-order chi connectivity index (χ0) is 22.4. The van der Waals surface area contributed by atoms with Gasteiger partial charge in [-0.15, -0.1) is 11.3 Å². The normalized spacial score (nSPS) is 10.3. The van der Waals surface area contributed by atoms with Crippen molar-refractivity contribution in [2.45, 2.75) is 0 Å². The predicted octanol–water partition coefficient (Wildman–Crippen LogP) is 4.03. The molecule has 2 aromatic heterocycles. The molecule has 0 spiro atoms. The molecule has 162 valence electrons. The van der Waals surface area contributed by atoms with Crippen molar-refractivity contribution in [2.24, 2.45) is 0 Å². The minimum Gasteiger partial charge on any atom is -0.493 e. The van der Waals surface area contributed by atoms with Gasteiger partial charge in [0.1, 0.15) is 0 Å². The lowest BCUT2D eigenvalue weighted by molar-refractivity contribution is -0.119. The fourth-order valence-corrected chi connectivity index (χ4v) is 4.16. The van der Waals surface area contributed by atoms with Gasteiger partial charge in [0.25, 0.3) is 11.8 Å². The molecule has 2 amide bonds. The number of hydrogen-bond acceptors (Lipinski definition) is 9.